The standard InChI is InChI=1S/C15H25N3O/c1-3-17-14(13-10-16-11-18(13)2)12-5-8-19-15(9-12)6-4-7-15/h10-12,14,17H,3-9H2,1-2H3. The molecule has 0 bridgehead atoms. The maximum absolute atomic E-state index is 6.06. The highest BCUT2D eigenvalue weighted by atomic mass is 16.5. The van der Waals surface area contributed by atoms with E-state index >= 15 is 0 Å². The molecule has 2 atom stereocenters. The van der Waals surface area contributed by atoms with E-state index in [9.17, 15) is 0 Å². The molecule has 106 valence electrons. The number of nitrogens with one attached hydrogen (secondary N) is 1. The van der Waals surface area contributed by atoms with Gasteiger partial charge in [-0.05, 0) is 44.6 Å². The molecule has 2 aliphatic rings. The maximum atomic E-state index is 6.06. The largest absolute Gasteiger partial charge is 0.375 e. The van der Waals surface area contributed by atoms with E-state index in [4.69, 9.17) is 4.74 Å². The molecule has 2 heterocycles. The summed E-state index contributed by atoms with van der Waals surface area (Å²) in [6.45, 7) is 4.10. The lowest BCUT2D eigenvalue weighted by Crippen LogP contribution is -2.48. The molecule has 2 unspecified atom stereocenters. The van der Waals surface area contributed by atoms with Crippen LogP contribution < -0.4 is 5.32 Å². The molecule has 1 saturated heterocycles. The molecule has 1 aromatic rings. The Bertz CT molecular complexity index is 425. The van der Waals surface area contributed by atoms with Gasteiger partial charge in [-0.1, -0.05) is 6.92 Å². The van der Waals surface area contributed by atoms with E-state index in [1.165, 1.54) is 31.4 Å². The molecule has 0 radical (unpaired) electrons. The molecule has 0 amide bonds. The molecule has 1 aliphatic carbocycles. The Balaban J connectivity index is 1.78. The van der Waals surface area contributed by atoms with Crippen LogP contribution in [-0.2, 0) is 11.8 Å². The summed E-state index contributed by atoms with van der Waals surface area (Å²) in [7, 11) is 2.09. The van der Waals surface area contributed by atoms with Crippen molar-refractivity contribution in [2.24, 2.45) is 13.0 Å². The van der Waals surface area contributed by atoms with Crippen molar-refractivity contribution in [3.05, 3.63) is 18.2 Å². The number of imidazole rings is 1. The monoisotopic (exact) mass is 263 g/mol. The van der Waals surface area contributed by atoms with Crippen LogP contribution in [0, 0.1) is 5.92 Å². The summed E-state index contributed by atoms with van der Waals surface area (Å²) in [5.74, 6) is 0.671. The van der Waals surface area contributed by atoms with E-state index in [0.717, 1.165) is 19.6 Å². The van der Waals surface area contributed by atoms with Crippen molar-refractivity contribution in [1.29, 1.82) is 0 Å². The van der Waals surface area contributed by atoms with Crippen molar-refractivity contribution in [2.45, 2.75) is 50.7 Å². The van der Waals surface area contributed by atoms with Crippen LogP contribution in [0.2, 0.25) is 0 Å². The van der Waals surface area contributed by atoms with Gasteiger partial charge in [-0.25, -0.2) is 4.98 Å². The smallest absolute Gasteiger partial charge is 0.0946 e. The Morgan fingerprint density at radius 1 is 1.58 bits per heavy atom. The molecular formula is C15H25N3O. The fourth-order valence-electron chi connectivity index (χ4n) is 3.67. The highest BCUT2D eigenvalue weighted by Crippen LogP contribution is 2.47. The zero-order valence-corrected chi connectivity index (χ0v) is 12.1. The molecule has 1 aromatic heterocycles. The first-order chi connectivity index (χ1) is 9.24. The summed E-state index contributed by atoms with van der Waals surface area (Å²) in [6, 6.07) is 0.416. The van der Waals surface area contributed by atoms with E-state index in [1.807, 2.05) is 12.5 Å². The van der Waals surface area contributed by atoms with Crippen LogP contribution in [0.3, 0.4) is 0 Å². The predicted molar refractivity (Wildman–Crippen MR) is 74.9 cm³/mol. The average Bonchev–Trinajstić information content (AvgIpc) is 2.80. The van der Waals surface area contributed by atoms with Gasteiger partial charge in [0.05, 0.1) is 23.7 Å². The van der Waals surface area contributed by atoms with Gasteiger partial charge >= 0.3 is 0 Å². The Labute approximate surface area is 115 Å². The Morgan fingerprint density at radius 2 is 2.42 bits per heavy atom. The number of rotatable bonds is 4. The summed E-state index contributed by atoms with van der Waals surface area (Å²) in [5, 5.41) is 3.67. The van der Waals surface area contributed by atoms with Gasteiger partial charge in [-0.2, -0.15) is 0 Å². The Kier molecular flexibility index (Phi) is 3.63. The van der Waals surface area contributed by atoms with Gasteiger partial charge in [-0.3, -0.25) is 0 Å². The first kappa shape index (κ1) is 13.1. The number of nitrogens with zero attached hydrogens (tertiary/aromatic N) is 2. The molecule has 1 saturated carbocycles. The van der Waals surface area contributed by atoms with Gasteiger partial charge < -0.3 is 14.6 Å². The third-order valence-electron chi connectivity index (χ3n) is 4.86. The van der Waals surface area contributed by atoms with Crippen molar-refractivity contribution >= 4 is 0 Å². The van der Waals surface area contributed by atoms with Gasteiger partial charge in [0, 0.05) is 19.9 Å². The molecule has 4 nitrogen and oxygen atoms in total. The summed E-state index contributed by atoms with van der Waals surface area (Å²) in [6.07, 6.45) is 10.1. The summed E-state index contributed by atoms with van der Waals surface area (Å²) in [4.78, 5) is 4.28. The zero-order chi connectivity index (χ0) is 13.3. The van der Waals surface area contributed by atoms with Crippen molar-refractivity contribution in [3.63, 3.8) is 0 Å². The van der Waals surface area contributed by atoms with E-state index in [2.05, 4.69) is 28.8 Å². The lowest BCUT2D eigenvalue weighted by Gasteiger charge is -2.48. The molecule has 2 fully saturated rings. The second-order valence-electron chi connectivity index (χ2n) is 6.10. The highest BCUT2D eigenvalue weighted by Gasteiger charge is 2.44. The number of aromatic nitrogens is 2. The fraction of sp³-hybridized carbons (Fsp3) is 0.800. The van der Waals surface area contributed by atoms with Crippen LogP contribution in [0.5, 0.6) is 0 Å². The second-order valence-corrected chi connectivity index (χ2v) is 6.10. The second kappa shape index (κ2) is 5.25. The van der Waals surface area contributed by atoms with Crippen LogP contribution in [-0.4, -0.2) is 28.3 Å². The van der Waals surface area contributed by atoms with Gasteiger partial charge in [0.15, 0.2) is 0 Å². The van der Waals surface area contributed by atoms with Gasteiger partial charge in [0.2, 0.25) is 0 Å². The normalized spacial score (nSPS) is 27.2. The molecule has 4 heteroatoms. The third kappa shape index (κ3) is 2.43. The summed E-state index contributed by atoms with van der Waals surface area (Å²) in [5.41, 5.74) is 1.53. The quantitative estimate of drug-likeness (QED) is 0.906. The zero-order valence-electron chi connectivity index (χ0n) is 12.1. The van der Waals surface area contributed by atoms with Crippen LogP contribution in [0.1, 0.15) is 50.8 Å². The van der Waals surface area contributed by atoms with Gasteiger partial charge in [0.25, 0.3) is 0 Å². The van der Waals surface area contributed by atoms with Crippen LogP contribution in [0.4, 0.5) is 0 Å². The molecule has 1 spiro atoms. The number of hydrogen-bond acceptors (Lipinski definition) is 3. The van der Waals surface area contributed by atoms with Crippen LogP contribution in [0.15, 0.2) is 12.5 Å². The fourth-order valence-corrected chi connectivity index (χ4v) is 3.67. The predicted octanol–water partition coefficient (Wildman–Crippen LogP) is 2.42. The van der Waals surface area contributed by atoms with Crippen LogP contribution >= 0.6 is 0 Å². The minimum atomic E-state index is 0.217. The van der Waals surface area contributed by atoms with Crippen molar-refractivity contribution < 1.29 is 4.74 Å². The summed E-state index contributed by atoms with van der Waals surface area (Å²) < 4.78 is 8.21. The van der Waals surface area contributed by atoms with Gasteiger partial charge in [0.1, 0.15) is 0 Å². The Morgan fingerprint density at radius 3 is 3.00 bits per heavy atom. The maximum Gasteiger partial charge on any atom is 0.0946 e. The molecule has 1 N–H and O–H groups in total. The lowest BCUT2D eigenvalue weighted by atomic mass is 9.70. The van der Waals surface area contributed by atoms with Crippen LogP contribution in [0.25, 0.3) is 0 Å². The average molecular weight is 263 g/mol. The molecule has 1 aliphatic heterocycles. The minimum Gasteiger partial charge on any atom is -0.375 e. The molecule has 3 rings (SSSR count). The van der Waals surface area contributed by atoms with Crippen molar-refractivity contribution in [2.75, 3.05) is 13.2 Å². The highest BCUT2D eigenvalue weighted by molar-refractivity contribution is 5.09. The minimum absolute atomic E-state index is 0.217. The number of aryl methyl sites for hydroxylation is 1. The lowest BCUT2D eigenvalue weighted by molar-refractivity contribution is -0.147. The van der Waals surface area contributed by atoms with E-state index < -0.39 is 0 Å². The van der Waals surface area contributed by atoms with E-state index in [-0.39, 0.29) is 5.60 Å². The van der Waals surface area contributed by atoms with Gasteiger partial charge in [-0.15, -0.1) is 0 Å². The number of hydrogen-bond donors (Lipinski definition) is 1. The summed E-state index contributed by atoms with van der Waals surface area (Å²) >= 11 is 0. The van der Waals surface area contributed by atoms with E-state index in [0.29, 0.717) is 12.0 Å². The SMILES string of the molecule is CCNC(c1cncn1C)C1CCOC2(CCC2)C1. The first-order valence-corrected chi connectivity index (χ1v) is 7.58. The first-order valence-electron chi connectivity index (χ1n) is 7.58. The molecular weight excluding hydrogens is 238 g/mol. The molecule has 19 heavy (non-hydrogen) atoms. The van der Waals surface area contributed by atoms with Crippen molar-refractivity contribution in [3.8, 4) is 0 Å². The Hall–Kier alpha value is -0.870. The number of ether oxygens (including phenoxy) is 1. The van der Waals surface area contributed by atoms with Crippen molar-refractivity contribution in [1.82, 2.24) is 14.9 Å². The molecule has 0 aromatic carbocycles. The third-order valence-corrected chi connectivity index (χ3v) is 4.86. The van der Waals surface area contributed by atoms with E-state index in [1.54, 1.807) is 0 Å². The topological polar surface area (TPSA) is 39.1 Å².